The number of rotatable bonds is 19. The van der Waals surface area contributed by atoms with E-state index in [1.807, 2.05) is 48.5 Å². The average molecular weight is 469 g/mol. The van der Waals surface area contributed by atoms with Crippen LogP contribution >= 0.6 is 0 Å². The smallest absolute Gasteiger partial charge is 0.303 e. The van der Waals surface area contributed by atoms with Gasteiger partial charge in [-0.25, -0.2) is 0 Å². The molecule has 0 heterocycles. The Morgan fingerprint density at radius 1 is 0.647 bits per heavy atom. The average Bonchev–Trinajstić information content (AvgIpc) is 2.85. The summed E-state index contributed by atoms with van der Waals surface area (Å²) in [6, 6.07) is 15.3. The Kier molecular flexibility index (Phi) is 14.1. The maximum absolute atomic E-state index is 10.5. The molecular weight excluding hydrogens is 428 g/mol. The van der Waals surface area contributed by atoms with Crippen LogP contribution in [0.15, 0.2) is 58.8 Å². The highest BCUT2D eigenvalue weighted by Crippen LogP contribution is 2.23. The predicted molar refractivity (Wildman–Crippen MR) is 137 cm³/mol. The van der Waals surface area contributed by atoms with Gasteiger partial charge in [0.05, 0.1) is 24.6 Å². The van der Waals surface area contributed by atoms with Crippen molar-refractivity contribution in [2.45, 2.75) is 84.0 Å². The number of ether oxygens (including phenoxy) is 2. The van der Waals surface area contributed by atoms with Crippen molar-refractivity contribution < 1.29 is 19.4 Å². The first-order chi connectivity index (χ1) is 16.7. The summed E-state index contributed by atoms with van der Waals surface area (Å²) in [4.78, 5) is 10.5. The molecule has 0 aliphatic carbocycles. The van der Waals surface area contributed by atoms with Crippen LogP contribution in [0, 0.1) is 0 Å². The number of hydrogen-bond acceptors (Lipinski definition) is 5. The number of carbonyl (C=O) groups is 1. The zero-order valence-corrected chi connectivity index (χ0v) is 20.6. The molecule has 0 unspecified atom stereocenters. The van der Waals surface area contributed by atoms with Gasteiger partial charge in [0.25, 0.3) is 0 Å². The van der Waals surface area contributed by atoms with Crippen LogP contribution in [0.3, 0.4) is 0 Å². The Hall–Kier alpha value is -2.89. The van der Waals surface area contributed by atoms with Crippen LogP contribution in [0.4, 0.5) is 11.4 Å². The minimum atomic E-state index is -0.715. The van der Waals surface area contributed by atoms with Gasteiger partial charge >= 0.3 is 5.97 Å². The van der Waals surface area contributed by atoms with Crippen LogP contribution in [-0.4, -0.2) is 24.3 Å². The molecule has 0 aliphatic rings. The van der Waals surface area contributed by atoms with Crippen molar-refractivity contribution in [3.05, 3.63) is 48.5 Å². The van der Waals surface area contributed by atoms with Gasteiger partial charge in [-0.2, -0.15) is 10.2 Å². The van der Waals surface area contributed by atoms with E-state index in [1.54, 1.807) is 0 Å². The lowest BCUT2D eigenvalue weighted by Crippen LogP contribution is -1.97. The molecule has 0 aliphatic heterocycles. The fourth-order valence-electron chi connectivity index (χ4n) is 3.50. The quantitative estimate of drug-likeness (QED) is 0.165. The molecule has 34 heavy (non-hydrogen) atoms. The summed E-state index contributed by atoms with van der Waals surface area (Å²) in [7, 11) is 0. The van der Waals surface area contributed by atoms with Gasteiger partial charge in [-0.3, -0.25) is 4.79 Å². The molecule has 0 spiro atoms. The van der Waals surface area contributed by atoms with E-state index < -0.39 is 5.97 Å². The van der Waals surface area contributed by atoms with Crippen molar-refractivity contribution in [2.24, 2.45) is 10.2 Å². The van der Waals surface area contributed by atoms with Crippen molar-refractivity contribution in [2.75, 3.05) is 13.2 Å². The highest BCUT2D eigenvalue weighted by atomic mass is 16.5. The lowest BCUT2D eigenvalue weighted by atomic mass is 10.1. The summed E-state index contributed by atoms with van der Waals surface area (Å²) < 4.78 is 11.6. The van der Waals surface area contributed by atoms with Crippen LogP contribution in [0.5, 0.6) is 11.5 Å². The number of carboxylic acids is 1. The minimum absolute atomic E-state index is 0.263. The maximum Gasteiger partial charge on any atom is 0.303 e. The zero-order valence-electron chi connectivity index (χ0n) is 20.6. The molecule has 0 radical (unpaired) electrons. The Morgan fingerprint density at radius 3 is 1.50 bits per heavy atom. The second kappa shape index (κ2) is 17.6. The first-order valence-corrected chi connectivity index (χ1v) is 12.8. The van der Waals surface area contributed by atoms with E-state index in [4.69, 9.17) is 14.6 Å². The molecule has 6 heteroatoms. The van der Waals surface area contributed by atoms with Gasteiger partial charge in [0, 0.05) is 6.42 Å². The van der Waals surface area contributed by atoms with E-state index in [0.29, 0.717) is 6.61 Å². The fourth-order valence-corrected chi connectivity index (χ4v) is 3.50. The predicted octanol–water partition coefficient (Wildman–Crippen LogP) is 8.65. The third-order valence-electron chi connectivity index (χ3n) is 5.52. The Bertz CT molecular complexity index is 819. The van der Waals surface area contributed by atoms with Gasteiger partial charge < -0.3 is 14.6 Å². The number of benzene rings is 2. The number of unbranched alkanes of at least 4 members (excludes halogenated alkanes) is 9. The first-order valence-electron chi connectivity index (χ1n) is 12.8. The summed E-state index contributed by atoms with van der Waals surface area (Å²) in [5.41, 5.74) is 1.56. The van der Waals surface area contributed by atoms with Crippen LogP contribution in [0.25, 0.3) is 0 Å². The molecule has 1 N–H and O–H groups in total. The first kappa shape index (κ1) is 27.4. The molecule has 0 aromatic heterocycles. The number of nitrogens with zero attached hydrogens (tertiary/aromatic N) is 2. The lowest BCUT2D eigenvalue weighted by Gasteiger charge is -2.06. The molecule has 2 aromatic carbocycles. The van der Waals surface area contributed by atoms with Gasteiger partial charge in [-0.15, -0.1) is 0 Å². The molecule has 6 nitrogen and oxygen atoms in total. The molecule has 0 fully saturated rings. The Labute approximate surface area is 204 Å². The third-order valence-corrected chi connectivity index (χ3v) is 5.52. The van der Waals surface area contributed by atoms with Crippen molar-refractivity contribution in [1.82, 2.24) is 0 Å². The molecule has 0 saturated heterocycles. The van der Waals surface area contributed by atoms with Crippen LogP contribution in [-0.2, 0) is 4.79 Å². The Morgan fingerprint density at radius 2 is 1.06 bits per heavy atom. The molecule has 0 atom stereocenters. The molecule has 0 amide bonds. The molecular formula is C28H40N2O4. The summed E-state index contributed by atoms with van der Waals surface area (Å²) >= 11 is 0. The summed E-state index contributed by atoms with van der Waals surface area (Å²) in [6.45, 7) is 3.65. The third kappa shape index (κ3) is 13.0. The van der Waals surface area contributed by atoms with Crippen molar-refractivity contribution >= 4 is 17.3 Å². The van der Waals surface area contributed by atoms with E-state index in [9.17, 15) is 4.79 Å². The minimum Gasteiger partial charge on any atom is -0.494 e. The second-order valence-corrected chi connectivity index (χ2v) is 8.56. The normalized spacial score (nSPS) is 11.1. The van der Waals surface area contributed by atoms with E-state index in [-0.39, 0.29) is 6.42 Å². The van der Waals surface area contributed by atoms with Gasteiger partial charge in [-0.05, 0) is 67.8 Å². The van der Waals surface area contributed by atoms with Crippen LogP contribution < -0.4 is 9.47 Å². The molecule has 186 valence electrons. The number of hydrogen-bond donors (Lipinski definition) is 1. The monoisotopic (exact) mass is 468 g/mol. The van der Waals surface area contributed by atoms with E-state index in [2.05, 4.69) is 17.2 Å². The van der Waals surface area contributed by atoms with Gasteiger partial charge in [-0.1, -0.05) is 58.3 Å². The lowest BCUT2D eigenvalue weighted by molar-refractivity contribution is -0.137. The number of carboxylic acid groups (broad SMARTS) is 1. The Balaban J connectivity index is 1.60. The molecule has 0 saturated carbocycles. The second-order valence-electron chi connectivity index (χ2n) is 8.56. The summed E-state index contributed by atoms with van der Waals surface area (Å²) in [5.74, 6) is 0.971. The fraction of sp³-hybridized carbons (Fsp3) is 0.536. The molecule has 2 rings (SSSR count). The molecule has 2 aromatic rings. The summed E-state index contributed by atoms with van der Waals surface area (Å²) in [6.07, 6.45) is 12.6. The summed E-state index contributed by atoms with van der Waals surface area (Å²) in [5, 5.41) is 17.2. The van der Waals surface area contributed by atoms with E-state index in [0.717, 1.165) is 68.0 Å². The maximum atomic E-state index is 10.5. The highest BCUT2D eigenvalue weighted by molar-refractivity contribution is 5.66. The SMILES string of the molecule is CCCCCCCCOc1ccc(N=Nc2ccc(OCCCCCCCC(=O)O)cc2)cc1. The van der Waals surface area contributed by atoms with Gasteiger partial charge in [0.1, 0.15) is 11.5 Å². The van der Waals surface area contributed by atoms with Crippen LogP contribution in [0.1, 0.15) is 84.0 Å². The van der Waals surface area contributed by atoms with E-state index in [1.165, 1.54) is 32.1 Å². The van der Waals surface area contributed by atoms with Crippen molar-refractivity contribution in [3.8, 4) is 11.5 Å². The molecule has 0 bridgehead atoms. The van der Waals surface area contributed by atoms with E-state index >= 15 is 0 Å². The number of aliphatic carboxylic acids is 1. The highest BCUT2D eigenvalue weighted by Gasteiger charge is 1.99. The largest absolute Gasteiger partial charge is 0.494 e. The van der Waals surface area contributed by atoms with Gasteiger partial charge in [0.2, 0.25) is 0 Å². The zero-order chi connectivity index (χ0) is 24.3. The van der Waals surface area contributed by atoms with Crippen molar-refractivity contribution in [3.63, 3.8) is 0 Å². The van der Waals surface area contributed by atoms with Crippen molar-refractivity contribution in [1.29, 1.82) is 0 Å². The van der Waals surface area contributed by atoms with Gasteiger partial charge in [0.15, 0.2) is 0 Å². The van der Waals surface area contributed by atoms with Crippen LogP contribution in [0.2, 0.25) is 0 Å². The topological polar surface area (TPSA) is 80.5 Å². The standard InChI is InChI=1S/C28H40N2O4/c1-2-3-4-5-8-11-22-33-26-18-14-24(15-19-26)29-30-25-16-20-27(21-17-25)34-23-12-9-6-7-10-13-28(31)32/h14-21H,2-13,22-23H2,1H3,(H,31,32). The number of azo groups is 1.